The van der Waals surface area contributed by atoms with E-state index in [1.807, 2.05) is 31.2 Å². The average molecular weight is 317 g/mol. The maximum atomic E-state index is 12.0. The second-order valence-corrected chi connectivity index (χ2v) is 7.09. The van der Waals surface area contributed by atoms with Gasteiger partial charge < -0.3 is 15.5 Å². The van der Waals surface area contributed by atoms with Crippen LogP contribution in [0, 0.1) is 12.8 Å². The van der Waals surface area contributed by atoms with Crippen LogP contribution in [0.1, 0.15) is 38.7 Å². The molecular weight excluding hydrogens is 286 g/mol. The lowest BCUT2D eigenvalue weighted by Gasteiger charge is -2.33. The Hall–Kier alpha value is -1.39. The molecule has 1 aromatic rings. The van der Waals surface area contributed by atoms with Gasteiger partial charge in [-0.2, -0.15) is 0 Å². The van der Waals surface area contributed by atoms with E-state index < -0.39 is 0 Å². The van der Waals surface area contributed by atoms with Crippen molar-refractivity contribution in [3.05, 3.63) is 29.8 Å². The first-order valence-corrected chi connectivity index (χ1v) is 8.85. The Morgan fingerprint density at radius 2 is 2.04 bits per heavy atom. The summed E-state index contributed by atoms with van der Waals surface area (Å²) < 4.78 is 0. The highest BCUT2D eigenvalue weighted by molar-refractivity contribution is 5.90. The van der Waals surface area contributed by atoms with Crippen molar-refractivity contribution < 1.29 is 4.79 Å². The zero-order chi connectivity index (χ0) is 16.7. The van der Waals surface area contributed by atoms with Crippen molar-refractivity contribution in [3.63, 3.8) is 0 Å². The molecule has 1 aromatic carbocycles. The molecule has 4 nitrogen and oxygen atoms in total. The number of likely N-dealkylation sites (tertiary alicyclic amines) is 1. The number of hydrogen-bond acceptors (Lipinski definition) is 3. The molecule has 0 radical (unpaired) electrons. The van der Waals surface area contributed by atoms with Crippen LogP contribution >= 0.6 is 0 Å². The standard InChI is InChI=1S/C19H31N3O/c1-15(2)14-22-11-8-17(9-12-22)20-10-7-19(23)21-18-6-4-5-16(3)13-18/h4-6,13,15,17,20H,7-12,14H2,1-3H3,(H,21,23). The molecule has 23 heavy (non-hydrogen) atoms. The zero-order valence-electron chi connectivity index (χ0n) is 14.8. The van der Waals surface area contributed by atoms with E-state index in [0.29, 0.717) is 12.5 Å². The molecule has 1 aliphatic rings. The van der Waals surface area contributed by atoms with Crippen molar-refractivity contribution in [2.45, 2.75) is 46.1 Å². The smallest absolute Gasteiger partial charge is 0.225 e. The quantitative estimate of drug-likeness (QED) is 0.812. The van der Waals surface area contributed by atoms with E-state index >= 15 is 0 Å². The molecule has 0 bridgehead atoms. The monoisotopic (exact) mass is 317 g/mol. The van der Waals surface area contributed by atoms with Gasteiger partial charge in [0.1, 0.15) is 0 Å². The number of amides is 1. The van der Waals surface area contributed by atoms with Crippen molar-refractivity contribution in [2.24, 2.45) is 5.92 Å². The van der Waals surface area contributed by atoms with Gasteiger partial charge in [0.25, 0.3) is 0 Å². The number of carbonyl (C=O) groups excluding carboxylic acids is 1. The van der Waals surface area contributed by atoms with Crippen molar-refractivity contribution in [1.82, 2.24) is 10.2 Å². The summed E-state index contributed by atoms with van der Waals surface area (Å²) in [6, 6.07) is 8.49. The van der Waals surface area contributed by atoms with Crippen LogP contribution in [0.4, 0.5) is 5.69 Å². The fourth-order valence-corrected chi connectivity index (χ4v) is 3.17. The number of nitrogens with zero attached hydrogens (tertiary/aromatic N) is 1. The minimum absolute atomic E-state index is 0.0837. The lowest BCUT2D eigenvalue weighted by molar-refractivity contribution is -0.116. The summed E-state index contributed by atoms with van der Waals surface area (Å²) in [4.78, 5) is 14.5. The Bertz CT molecular complexity index is 493. The summed E-state index contributed by atoms with van der Waals surface area (Å²) in [7, 11) is 0. The van der Waals surface area contributed by atoms with E-state index in [0.717, 1.165) is 23.7 Å². The number of benzene rings is 1. The Morgan fingerprint density at radius 1 is 1.30 bits per heavy atom. The topological polar surface area (TPSA) is 44.4 Å². The first kappa shape index (κ1) is 18.0. The highest BCUT2D eigenvalue weighted by atomic mass is 16.1. The Labute approximate surface area is 140 Å². The van der Waals surface area contributed by atoms with Gasteiger partial charge in [0.2, 0.25) is 5.91 Å². The molecule has 2 N–H and O–H groups in total. The lowest BCUT2D eigenvalue weighted by Crippen LogP contribution is -2.44. The van der Waals surface area contributed by atoms with Gasteiger partial charge in [-0.1, -0.05) is 26.0 Å². The van der Waals surface area contributed by atoms with Crippen molar-refractivity contribution in [3.8, 4) is 0 Å². The van der Waals surface area contributed by atoms with Crippen LogP contribution in [0.15, 0.2) is 24.3 Å². The molecule has 1 heterocycles. The summed E-state index contributed by atoms with van der Waals surface area (Å²) in [5, 5.41) is 6.50. The predicted octanol–water partition coefficient (Wildman–Crippen LogP) is 3.03. The maximum Gasteiger partial charge on any atom is 0.225 e. The Kier molecular flexibility index (Phi) is 7.06. The molecular formula is C19H31N3O. The third-order valence-corrected chi connectivity index (χ3v) is 4.30. The number of rotatable bonds is 7. The molecule has 0 unspecified atom stereocenters. The fraction of sp³-hybridized carbons (Fsp3) is 0.632. The van der Waals surface area contributed by atoms with Gasteiger partial charge in [-0.05, 0) is 56.5 Å². The summed E-state index contributed by atoms with van der Waals surface area (Å²) >= 11 is 0. The molecule has 1 fully saturated rings. The Morgan fingerprint density at radius 3 is 2.70 bits per heavy atom. The highest BCUT2D eigenvalue weighted by Crippen LogP contribution is 2.12. The number of anilines is 1. The number of aryl methyl sites for hydroxylation is 1. The van der Waals surface area contributed by atoms with Gasteiger partial charge in [0.05, 0.1) is 0 Å². The van der Waals surface area contributed by atoms with E-state index in [2.05, 4.69) is 29.4 Å². The van der Waals surface area contributed by atoms with Gasteiger partial charge in [0, 0.05) is 31.2 Å². The SMILES string of the molecule is Cc1cccc(NC(=O)CCNC2CCN(CC(C)C)CC2)c1. The molecule has 1 aliphatic heterocycles. The van der Waals surface area contributed by atoms with E-state index in [-0.39, 0.29) is 5.91 Å². The van der Waals surface area contributed by atoms with Crippen LogP contribution in [0.5, 0.6) is 0 Å². The molecule has 1 saturated heterocycles. The molecule has 0 aromatic heterocycles. The van der Waals surface area contributed by atoms with E-state index in [9.17, 15) is 4.79 Å². The normalized spacial score (nSPS) is 16.7. The van der Waals surface area contributed by atoms with E-state index in [1.54, 1.807) is 0 Å². The Balaban J connectivity index is 1.61. The van der Waals surface area contributed by atoms with E-state index in [4.69, 9.17) is 0 Å². The molecule has 4 heteroatoms. The van der Waals surface area contributed by atoms with Crippen molar-refractivity contribution in [1.29, 1.82) is 0 Å². The van der Waals surface area contributed by atoms with Gasteiger partial charge in [-0.15, -0.1) is 0 Å². The third-order valence-electron chi connectivity index (χ3n) is 4.30. The van der Waals surface area contributed by atoms with Crippen LogP contribution in [0.3, 0.4) is 0 Å². The van der Waals surface area contributed by atoms with Crippen LogP contribution in [0.25, 0.3) is 0 Å². The van der Waals surface area contributed by atoms with Crippen LogP contribution in [-0.2, 0) is 4.79 Å². The predicted molar refractivity (Wildman–Crippen MR) is 96.7 cm³/mol. The molecule has 1 amide bonds. The van der Waals surface area contributed by atoms with Gasteiger partial charge in [-0.3, -0.25) is 4.79 Å². The molecule has 0 saturated carbocycles. The van der Waals surface area contributed by atoms with E-state index in [1.165, 1.54) is 32.5 Å². The maximum absolute atomic E-state index is 12.0. The average Bonchev–Trinajstić information content (AvgIpc) is 2.48. The summed E-state index contributed by atoms with van der Waals surface area (Å²) in [6.07, 6.45) is 2.90. The molecule has 0 atom stereocenters. The summed E-state index contributed by atoms with van der Waals surface area (Å²) in [5.74, 6) is 0.824. The molecule has 128 valence electrons. The zero-order valence-corrected chi connectivity index (χ0v) is 14.8. The first-order chi connectivity index (χ1) is 11.0. The number of hydrogen-bond donors (Lipinski definition) is 2. The second kappa shape index (κ2) is 9.04. The van der Waals surface area contributed by atoms with Gasteiger partial charge in [0.15, 0.2) is 0 Å². The number of piperidine rings is 1. The van der Waals surface area contributed by atoms with Crippen LogP contribution in [0.2, 0.25) is 0 Å². The van der Waals surface area contributed by atoms with Crippen molar-refractivity contribution >= 4 is 11.6 Å². The summed E-state index contributed by atoms with van der Waals surface area (Å²) in [5.41, 5.74) is 2.05. The lowest BCUT2D eigenvalue weighted by atomic mass is 10.0. The van der Waals surface area contributed by atoms with Gasteiger partial charge in [-0.25, -0.2) is 0 Å². The number of nitrogens with one attached hydrogen (secondary N) is 2. The van der Waals surface area contributed by atoms with Crippen LogP contribution < -0.4 is 10.6 Å². The molecule has 0 spiro atoms. The minimum Gasteiger partial charge on any atom is -0.326 e. The highest BCUT2D eigenvalue weighted by Gasteiger charge is 2.19. The molecule has 0 aliphatic carbocycles. The summed E-state index contributed by atoms with van der Waals surface area (Å²) in [6.45, 7) is 10.9. The van der Waals surface area contributed by atoms with Gasteiger partial charge >= 0.3 is 0 Å². The first-order valence-electron chi connectivity index (χ1n) is 8.85. The minimum atomic E-state index is 0.0837. The fourth-order valence-electron chi connectivity index (χ4n) is 3.17. The second-order valence-electron chi connectivity index (χ2n) is 7.09. The van der Waals surface area contributed by atoms with Crippen molar-refractivity contribution in [2.75, 3.05) is 31.5 Å². The molecule has 2 rings (SSSR count). The van der Waals surface area contributed by atoms with Crippen LogP contribution in [-0.4, -0.2) is 43.0 Å². The number of carbonyl (C=O) groups is 1. The third kappa shape index (κ3) is 6.71. The largest absolute Gasteiger partial charge is 0.326 e.